The maximum Gasteiger partial charge on any atom is 3.00 e. The van der Waals surface area contributed by atoms with E-state index in [1.807, 2.05) is 0 Å². The van der Waals surface area contributed by atoms with Gasteiger partial charge in [-0.15, -0.1) is 0 Å². The number of hydrogen-bond donors (Lipinski definition) is 1. The molecule has 0 spiro atoms. The number of carbonyl (C=O) groups is 2. The number of quaternary nitrogens is 1. The van der Waals surface area contributed by atoms with Gasteiger partial charge in [-0.25, -0.2) is 0 Å². The summed E-state index contributed by atoms with van der Waals surface area (Å²) in [4.78, 5) is 16.7. The van der Waals surface area contributed by atoms with E-state index in [0.717, 1.165) is 0 Å². The Morgan fingerprint density at radius 2 is 0.800 bits per heavy atom. The molecule has 4 N–H and O–H groups in total. The molecule has 0 aromatic heterocycles. The summed E-state index contributed by atoms with van der Waals surface area (Å²) in [5.41, 5.74) is 0. The van der Waals surface area contributed by atoms with Gasteiger partial charge >= 0.3 is 25.8 Å². The molecule has 0 aromatic rings. The van der Waals surface area contributed by atoms with Crippen molar-refractivity contribution in [1.29, 1.82) is 0 Å². The Labute approximate surface area is 74.7 Å². The molecule has 0 amide bonds. The molecule has 0 saturated heterocycles. The molecule has 0 fully saturated rings. The normalized spacial score (nSPS) is 4.80. The Morgan fingerprint density at radius 3 is 0.800 bits per heavy atom. The molecule has 56 valence electrons. The van der Waals surface area contributed by atoms with Crippen LogP contribution in [0.3, 0.4) is 0 Å². The molecule has 0 saturated carbocycles. The van der Waals surface area contributed by atoms with Crippen molar-refractivity contribution in [3.05, 3.63) is 0 Å². The minimum atomic E-state index is -2.33. The van der Waals surface area contributed by atoms with Crippen LogP contribution in [0.2, 0.25) is 0 Å². The fraction of sp³-hybridized carbons (Fsp3) is 0. The average Bonchev–Trinajstić information content (AvgIpc) is 1.25. The molecular weight excluding hydrogens is 249 g/mol. The summed E-state index contributed by atoms with van der Waals surface area (Å²) in [7, 11) is 0. The first-order valence-corrected chi connectivity index (χ1v) is 1.22. The van der Waals surface area contributed by atoms with E-state index in [1.165, 1.54) is 0 Å². The number of carboxylic acid groups (broad SMARTS) is 4. The zero-order valence-electron chi connectivity index (χ0n) is 5.03. The third kappa shape index (κ3) is 754. The number of hydrogen-bond acceptors (Lipinski definition) is 6. The molecule has 0 heterocycles. The Bertz CT molecular complexity index is 73.7. The second kappa shape index (κ2) is 15.8. The van der Waals surface area contributed by atoms with Gasteiger partial charge in [0, 0.05) is 0 Å². The van der Waals surface area contributed by atoms with Crippen molar-refractivity contribution in [3.63, 3.8) is 0 Å². The van der Waals surface area contributed by atoms with Crippen LogP contribution in [0.25, 0.3) is 0 Å². The van der Waals surface area contributed by atoms with E-state index >= 15 is 0 Å². The van der Waals surface area contributed by atoms with Gasteiger partial charge in [-0.3, -0.25) is 0 Å². The second-order valence-corrected chi connectivity index (χ2v) is 0.500. The van der Waals surface area contributed by atoms with E-state index in [-0.39, 0.29) is 32.0 Å². The van der Waals surface area contributed by atoms with E-state index < -0.39 is 12.3 Å². The van der Waals surface area contributed by atoms with E-state index in [1.54, 1.807) is 0 Å². The van der Waals surface area contributed by atoms with Gasteiger partial charge in [0.1, 0.15) is 0 Å². The molecule has 7 nitrogen and oxygen atoms in total. The summed E-state index contributed by atoms with van der Waals surface area (Å²) in [5.74, 6) is 0. The zero-order valence-corrected chi connectivity index (χ0v) is 8.32. The van der Waals surface area contributed by atoms with Crippen molar-refractivity contribution < 1.29 is 30.0 Å². The first-order valence-electron chi connectivity index (χ1n) is 1.22. The van der Waals surface area contributed by atoms with Gasteiger partial charge in [-0.1, -0.05) is 0 Å². The molecule has 10 heavy (non-hydrogen) atoms. The maximum atomic E-state index is 8.33. The molecule has 0 unspecified atom stereocenters. The largest absolute Gasteiger partial charge is 3.00 e. The molecule has 0 aromatic carbocycles. The second-order valence-electron chi connectivity index (χ2n) is 0.500. The topological polar surface area (TPSA) is 163 Å². The van der Waals surface area contributed by atoms with Crippen molar-refractivity contribution in [2.24, 2.45) is 0 Å². The predicted molar refractivity (Wildman–Crippen MR) is 22.5 cm³/mol. The van der Waals surface area contributed by atoms with Crippen LogP contribution >= 0.6 is 0 Å². The maximum absolute atomic E-state index is 8.33. The zero-order chi connectivity index (χ0) is 7.15. The molecule has 8 heteroatoms. The SMILES string of the molecule is O=C([O-])[O-].O=C([O-])[O-].[In+3].[NH4+]. The van der Waals surface area contributed by atoms with E-state index in [0.29, 0.717) is 0 Å². The smallest absolute Gasteiger partial charge is 0.652 e. The molecule has 0 bridgehead atoms. The standard InChI is InChI=1S/2CH2O3.In.H3N/c2*2-1(3)4;;/h2*(H2,2,3,4);;1H3/q;;+3;/p-3. The fourth-order valence-electron chi connectivity index (χ4n) is 0. The van der Waals surface area contributed by atoms with Gasteiger partial charge in [0.05, 0.1) is 0 Å². The van der Waals surface area contributed by atoms with Crippen LogP contribution in [0, 0.1) is 0 Å². The quantitative estimate of drug-likeness (QED) is 0.454. The first-order chi connectivity index (χ1) is 3.46. The monoisotopic (exact) mass is 253 g/mol. The van der Waals surface area contributed by atoms with E-state index in [2.05, 4.69) is 0 Å². The molecule has 0 radical (unpaired) electrons. The first kappa shape index (κ1) is 22.8. The molecule has 0 aliphatic heterocycles. The van der Waals surface area contributed by atoms with Gasteiger partial charge in [-0.2, -0.15) is 0 Å². The minimum Gasteiger partial charge on any atom is -0.652 e. The summed E-state index contributed by atoms with van der Waals surface area (Å²) in [6.45, 7) is 0. The van der Waals surface area contributed by atoms with Gasteiger partial charge in [0.25, 0.3) is 0 Å². The van der Waals surface area contributed by atoms with Crippen molar-refractivity contribution >= 4 is 38.2 Å². The Morgan fingerprint density at radius 1 is 0.800 bits per heavy atom. The summed E-state index contributed by atoms with van der Waals surface area (Å²) < 4.78 is 0. The third-order valence-corrected chi connectivity index (χ3v) is 0. The van der Waals surface area contributed by atoms with Crippen LogP contribution in [0.1, 0.15) is 0 Å². The summed E-state index contributed by atoms with van der Waals surface area (Å²) in [6, 6.07) is 0. The van der Waals surface area contributed by atoms with E-state index in [9.17, 15) is 0 Å². The predicted octanol–water partition coefficient (Wildman–Crippen LogP) is -4.90. The van der Waals surface area contributed by atoms with Crippen LogP contribution in [-0.2, 0) is 0 Å². The van der Waals surface area contributed by atoms with Crippen molar-refractivity contribution in [1.82, 2.24) is 6.15 Å². The minimum absolute atomic E-state index is 0. The van der Waals surface area contributed by atoms with Crippen LogP contribution < -0.4 is 26.6 Å². The van der Waals surface area contributed by atoms with Gasteiger partial charge in [-0.05, 0) is 12.3 Å². The van der Waals surface area contributed by atoms with Crippen LogP contribution in [0.5, 0.6) is 0 Å². The van der Waals surface area contributed by atoms with Gasteiger partial charge < -0.3 is 36.2 Å². The Balaban J connectivity index is -0.0000000300. The summed E-state index contributed by atoms with van der Waals surface area (Å²) in [6.07, 6.45) is -4.67. The van der Waals surface area contributed by atoms with Crippen LogP contribution in [-0.4, -0.2) is 38.2 Å². The number of carbonyl (C=O) groups excluding carboxylic acids is 2. The molecule has 0 atom stereocenters. The summed E-state index contributed by atoms with van der Waals surface area (Å²) in [5, 5.41) is 33.3. The van der Waals surface area contributed by atoms with Crippen molar-refractivity contribution in [2.45, 2.75) is 0 Å². The van der Waals surface area contributed by atoms with Crippen molar-refractivity contribution in [3.8, 4) is 0 Å². The average molecular weight is 253 g/mol. The molecule has 0 aliphatic rings. The third-order valence-electron chi connectivity index (χ3n) is 0. The summed E-state index contributed by atoms with van der Waals surface area (Å²) >= 11 is 0. The Hall–Kier alpha value is -0.630. The molecule has 0 rings (SSSR count). The Kier molecular flexibility index (Phi) is 35.9. The number of rotatable bonds is 0. The van der Waals surface area contributed by atoms with Crippen LogP contribution in [0.15, 0.2) is 0 Å². The van der Waals surface area contributed by atoms with Crippen molar-refractivity contribution in [2.75, 3.05) is 0 Å². The molecular formula is C2H4InNO6. The van der Waals surface area contributed by atoms with E-state index in [4.69, 9.17) is 30.0 Å². The van der Waals surface area contributed by atoms with Gasteiger partial charge in [0.2, 0.25) is 0 Å². The van der Waals surface area contributed by atoms with Gasteiger partial charge in [0.15, 0.2) is 0 Å². The fourth-order valence-corrected chi connectivity index (χ4v) is 0. The van der Waals surface area contributed by atoms with Crippen LogP contribution in [0.4, 0.5) is 9.59 Å². The molecule has 0 aliphatic carbocycles.